The molecule has 1 N–H and O–H groups in total. The molecule has 136 valence electrons. The van der Waals surface area contributed by atoms with E-state index in [-0.39, 0.29) is 6.10 Å². The number of nitrogens with one attached hydrogen (secondary N) is 1. The molecule has 6 heteroatoms. The summed E-state index contributed by atoms with van der Waals surface area (Å²) in [6, 6.07) is 8.93. The molecule has 0 amide bonds. The lowest BCUT2D eigenvalue weighted by Crippen LogP contribution is -2.47. The van der Waals surface area contributed by atoms with Crippen LogP contribution in [0.3, 0.4) is 0 Å². The Balaban J connectivity index is 1.27. The molecule has 2 unspecified atom stereocenters. The lowest BCUT2D eigenvalue weighted by molar-refractivity contribution is 0.0194. The quantitative estimate of drug-likeness (QED) is 0.654. The lowest BCUT2D eigenvalue weighted by atomic mass is 10.1. The van der Waals surface area contributed by atoms with Crippen LogP contribution in [0.4, 0.5) is 0 Å². The number of ether oxygens (including phenoxy) is 2. The number of hydrogen-bond acceptors (Lipinski definition) is 4. The molecule has 1 aromatic rings. The van der Waals surface area contributed by atoms with Crippen molar-refractivity contribution in [2.75, 3.05) is 53.0 Å². The van der Waals surface area contributed by atoms with Gasteiger partial charge < -0.3 is 19.7 Å². The molecular weight excluding hydrogens is 316 g/mol. The number of benzene rings is 1. The summed E-state index contributed by atoms with van der Waals surface area (Å²) in [7, 11) is 1.87. The Labute approximate surface area is 149 Å². The fourth-order valence-corrected chi connectivity index (χ4v) is 4.08. The number of hydrogen-bond donors (Lipinski definition) is 1. The predicted octanol–water partition coefficient (Wildman–Crippen LogP) is 0.972. The van der Waals surface area contributed by atoms with Gasteiger partial charge in [-0.3, -0.25) is 9.89 Å². The van der Waals surface area contributed by atoms with E-state index in [0.29, 0.717) is 6.04 Å². The Hall–Kier alpha value is -1.79. The Bertz CT molecular complexity index is 590. The van der Waals surface area contributed by atoms with Gasteiger partial charge in [0.1, 0.15) is 11.9 Å². The second-order valence-electron chi connectivity index (χ2n) is 7.02. The van der Waals surface area contributed by atoms with Gasteiger partial charge in [-0.25, -0.2) is 0 Å². The van der Waals surface area contributed by atoms with Crippen LogP contribution in [0.5, 0.6) is 5.75 Å². The summed E-state index contributed by atoms with van der Waals surface area (Å²) in [5.74, 6) is 2.02. The summed E-state index contributed by atoms with van der Waals surface area (Å²) in [5, 5.41) is 3.52. The average Bonchev–Trinajstić information content (AvgIpc) is 3.30. The van der Waals surface area contributed by atoms with E-state index >= 15 is 0 Å². The number of nitrogens with zero attached hydrogens (tertiary/aromatic N) is 3. The molecule has 3 aliphatic rings. The van der Waals surface area contributed by atoms with Crippen LogP contribution in [0.2, 0.25) is 0 Å². The first-order valence-electron chi connectivity index (χ1n) is 9.35. The first kappa shape index (κ1) is 16.7. The molecule has 2 fully saturated rings. The van der Waals surface area contributed by atoms with E-state index in [1.807, 2.05) is 13.1 Å². The Morgan fingerprint density at radius 3 is 2.88 bits per heavy atom. The minimum Gasteiger partial charge on any atom is -0.488 e. The van der Waals surface area contributed by atoms with Crippen molar-refractivity contribution in [3.63, 3.8) is 0 Å². The molecule has 0 saturated carbocycles. The van der Waals surface area contributed by atoms with E-state index in [1.54, 1.807) is 0 Å². The molecule has 0 aliphatic carbocycles. The van der Waals surface area contributed by atoms with Crippen molar-refractivity contribution >= 4 is 5.96 Å². The molecule has 0 radical (unpaired) electrons. The van der Waals surface area contributed by atoms with Crippen LogP contribution in [0.15, 0.2) is 29.3 Å². The maximum absolute atomic E-state index is 6.02. The molecular formula is C19H28N4O2. The predicted molar refractivity (Wildman–Crippen MR) is 98.3 cm³/mol. The van der Waals surface area contributed by atoms with Gasteiger partial charge >= 0.3 is 0 Å². The number of likely N-dealkylation sites (tertiary alicyclic amines) is 1. The largest absolute Gasteiger partial charge is 0.488 e. The third-order valence-electron chi connectivity index (χ3n) is 5.44. The van der Waals surface area contributed by atoms with E-state index < -0.39 is 0 Å². The third kappa shape index (κ3) is 3.75. The van der Waals surface area contributed by atoms with Gasteiger partial charge in [-0.2, -0.15) is 0 Å². The molecule has 6 nitrogen and oxygen atoms in total. The van der Waals surface area contributed by atoms with E-state index in [4.69, 9.17) is 9.47 Å². The smallest absolute Gasteiger partial charge is 0.193 e. The normalized spacial score (nSPS) is 27.2. The number of aliphatic imine (C=N–C) groups is 1. The van der Waals surface area contributed by atoms with Crippen molar-refractivity contribution in [2.24, 2.45) is 4.99 Å². The fraction of sp³-hybridized carbons (Fsp3) is 0.632. The van der Waals surface area contributed by atoms with Crippen molar-refractivity contribution in [1.29, 1.82) is 0 Å². The standard InChI is InChI=1S/C19H28N4O2/c1-20-19(21-13-17-12-15-4-2-3-5-18(15)25-17)23-7-6-16(14-23)22-8-10-24-11-9-22/h2-5,16-17H,6-14H2,1H3,(H,20,21). The molecule has 2 atom stereocenters. The van der Waals surface area contributed by atoms with Gasteiger partial charge in [-0.15, -0.1) is 0 Å². The second-order valence-corrected chi connectivity index (χ2v) is 7.02. The van der Waals surface area contributed by atoms with Crippen LogP contribution in [0, 0.1) is 0 Å². The van der Waals surface area contributed by atoms with Crippen molar-refractivity contribution in [1.82, 2.24) is 15.1 Å². The van der Waals surface area contributed by atoms with Crippen molar-refractivity contribution in [3.8, 4) is 5.75 Å². The third-order valence-corrected chi connectivity index (χ3v) is 5.44. The Morgan fingerprint density at radius 1 is 1.24 bits per heavy atom. The number of rotatable bonds is 3. The summed E-state index contributed by atoms with van der Waals surface area (Å²) in [6.07, 6.45) is 2.36. The summed E-state index contributed by atoms with van der Waals surface area (Å²) in [4.78, 5) is 9.43. The molecule has 0 spiro atoms. The molecule has 4 rings (SSSR count). The zero-order valence-electron chi connectivity index (χ0n) is 15.0. The monoisotopic (exact) mass is 344 g/mol. The van der Waals surface area contributed by atoms with Gasteiger partial charge in [0.25, 0.3) is 0 Å². The van der Waals surface area contributed by atoms with Crippen molar-refractivity contribution in [3.05, 3.63) is 29.8 Å². The van der Waals surface area contributed by atoms with Crippen LogP contribution in [-0.4, -0.2) is 80.9 Å². The van der Waals surface area contributed by atoms with Crippen LogP contribution in [-0.2, 0) is 11.2 Å². The molecule has 1 aromatic carbocycles. The highest BCUT2D eigenvalue weighted by Crippen LogP contribution is 2.27. The number of fused-ring (bicyclic) bond motifs is 1. The molecule has 0 bridgehead atoms. The van der Waals surface area contributed by atoms with Gasteiger partial charge in [-0.05, 0) is 18.1 Å². The van der Waals surface area contributed by atoms with Crippen molar-refractivity contribution in [2.45, 2.75) is 25.0 Å². The number of guanidine groups is 1. The molecule has 3 heterocycles. The fourth-order valence-electron chi connectivity index (χ4n) is 4.08. The molecule has 0 aromatic heterocycles. The summed E-state index contributed by atoms with van der Waals surface area (Å²) in [6.45, 7) is 6.74. The van der Waals surface area contributed by atoms with Gasteiger partial charge in [0, 0.05) is 45.7 Å². The minimum atomic E-state index is 0.187. The average molecular weight is 344 g/mol. The van der Waals surface area contributed by atoms with Crippen LogP contribution >= 0.6 is 0 Å². The topological polar surface area (TPSA) is 49.3 Å². The second kappa shape index (κ2) is 7.62. The number of morpholine rings is 1. The van der Waals surface area contributed by atoms with Crippen LogP contribution < -0.4 is 10.1 Å². The maximum atomic E-state index is 6.02. The Kier molecular flexibility index (Phi) is 5.08. The van der Waals surface area contributed by atoms with E-state index in [2.05, 4.69) is 38.3 Å². The first-order valence-corrected chi connectivity index (χ1v) is 9.35. The van der Waals surface area contributed by atoms with Gasteiger partial charge in [0.15, 0.2) is 5.96 Å². The molecule has 2 saturated heterocycles. The molecule has 25 heavy (non-hydrogen) atoms. The van der Waals surface area contributed by atoms with Gasteiger partial charge in [0.2, 0.25) is 0 Å². The van der Waals surface area contributed by atoms with Crippen molar-refractivity contribution < 1.29 is 9.47 Å². The zero-order chi connectivity index (χ0) is 17.1. The van der Waals surface area contributed by atoms with Crippen LogP contribution in [0.1, 0.15) is 12.0 Å². The highest BCUT2D eigenvalue weighted by molar-refractivity contribution is 5.80. The van der Waals surface area contributed by atoms with E-state index in [1.165, 1.54) is 12.0 Å². The van der Waals surface area contributed by atoms with E-state index in [0.717, 1.165) is 64.1 Å². The summed E-state index contributed by atoms with van der Waals surface area (Å²) in [5.41, 5.74) is 1.30. The highest BCUT2D eigenvalue weighted by atomic mass is 16.5. The molecule has 3 aliphatic heterocycles. The first-order chi connectivity index (χ1) is 12.3. The maximum Gasteiger partial charge on any atom is 0.193 e. The highest BCUT2D eigenvalue weighted by Gasteiger charge is 2.31. The number of para-hydroxylation sites is 1. The van der Waals surface area contributed by atoms with E-state index in [9.17, 15) is 0 Å². The van der Waals surface area contributed by atoms with Gasteiger partial charge in [-0.1, -0.05) is 18.2 Å². The minimum absolute atomic E-state index is 0.187. The summed E-state index contributed by atoms with van der Waals surface area (Å²) >= 11 is 0. The zero-order valence-corrected chi connectivity index (χ0v) is 15.0. The lowest BCUT2D eigenvalue weighted by Gasteiger charge is -2.32. The van der Waals surface area contributed by atoms with Crippen LogP contribution in [0.25, 0.3) is 0 Å². The summed E-state index contributed by atoms with van der Waals surface area (Å²) < 4.78 is 11.5. The SMILES string of the molecule is CN=C(NCC1Cc2ccccc2O1)N1CCC(N2CCOCC2)C1. The van der Waals surface area contributed by atoms with Gasteiger partial charge in [0.05, 0.1) is 19.8 Å². The Morgan fingerprint density at radius 2 is 2.08 bits per heavy atom.